The van der Waals surface area contributed by atoms with E-state index in [1.807, 2.05) is 6.92 Å². The number of methoxy groups -OCH3 is 2. The number of hydrogen-bond donors (Lipinski definition) is 0. The van der Waals surface area contributed by atoms with Gasteiger partial charge in [0, 0.05) is 5.56 Å². The summed E-state index contributed by atoms with van der Waals surface area (Å²) in [6, 6.07) is 4.19. The molecule has 0 amide bonds. The van der Waals surface area contributed by atoms with Crippen LogP contribution in [0.1, 0.15) is 37.7 Å². The maximum atomic E-state index is 13.3. The first-order valence-electron chi connectivity index (χ1n) is 6.05. The van der Waals surface area contributed by atoms with Crippen molar-refractivity contribution in [1.29, 1.82) is 0 Å². The van der Waals surface area contributed by atoms with Crippen LogP contribution in [0.25, 0.3) is 0 Å². The quantitative estimate of drug-likeness (QED) is 0.731. The summed E-state index contributed by atoms with van der Waals surface area (Å²) in [5.74, 6) is -0.688. The van der Waals surface area contributed by atoms with Gasteiger partial charge in [0.05, 0.1) is 20.1 Å². The van der Waals surface area contributed by atoms with Gasteiger partial charge in [0.2, 0.25) is 0 Å². The second kappa shape index (κ2) is 6.99. The molecule has 4 heteroatoms. The van der Waals surface area contributed by atoms with Crippen LogP contribution in [0.4, 0.5) is 4.39 Å². The van der Waals surface area contributed by atoms with Crippen molar-refractivity contribution in [2.75, 3.05) is 14.2 Å². The number of rotatable bonds is 6. The predicted molar refractivity (Wildman–Crippen MR) is 67.2 cm³/mol. The van der Waals surface area contributed by atoms with Crippen molar-refractivity contribution in [3.63, 3.8) is 0 Å². The largest absolute Gasteiger partial charge is 0.496 e. The first kappa shape index (κ1) is 14.5. The molecule has 1 unspecified atom stereocenters. The Morgan fingerprint density at radius 1 is 1.39 bits per heavy atom. The molecule has 0 aliphatic rings. The van der Waals surface area contributed by atoms with E-state index >= 15 is 0 Å². The molecule has 1 atom stereocenters. The van der Waals surface area contributed by atoms with Crippen LogP contribution in [0, 0.1) is 5.82 Å². The van der Waals surface area contributed by atoms with Gasteiger partial charge in [0.25, 0.3) is 0 Å². The first-order chi connectivity index (χ1) is 8.63. The van der Waals surface area contributed by atoms with Crippen molar-refractivity contribution in [1.82, 2.24) is 0 Å². The molecule has 0 fully saturated rings. The van der Waals surface area contributed by atoms with Crippen LogP contribution in [-0.2, 0) is 9.53 Å². The smallest absolute Gasteiger partial charge is 0.313 e. The zero-order valence-electron chi connectivity index (χ0n) is 11.0. The molecule has 1 aromatic rings. The molecule has 0 aromatic heterocycles. The van der Waals surface area contributed by atoms with Gasteiger partial charge in [0.1, 0.15) is 11.6 Å². The van der Waals surface area contributed by atoms with Crippen molar-refractivity contribution in [3.8, 4) is 5.75 Å². The first-order valence-corrected chi connectivity index (χ1v) is 6.05. The minimum Gasteiger partial charge on any atom is -0.496 e. The molecule has 0 bridgehead atoms. The molecule has 18 heavy (non-hydrogen) atoms. The molecular weight excluding hydrogens is 235 g/mol. The van der Waals surface area contributed by atoms with Gasteiger partial charge in [-0.05, 0) is 24.6 Å². The summed E-state index contributed by atoms with van der Waals surface area (Å²) in [5.41, 5.74) is 0.554. The summed E-state index contributed by atoms with van der Waals surface area (Å²) in [7, 11) is 2.85. The molecule has 0 aliphatic heterocycles. The highest BCUT2D eigenvalue weighted by molar-refractivity contribution is 5.79. The standard InChI is InChI=1S/C14H19FO3/c1-4-5-6-11(14(16)18-3)12-9-10(15)7-8-13(12)17-2/h7-9,11H,4-6H2,1-3H3. The molecule has 3 nitrogen and oxygen atoms in total. The molecule has 0 spiro atoms. The van der Waals surface area contributed by atoms with Crippen molar-refractivity contribution in [2.24, 2.45) is 0 Å². The third-order valence-corrected chi connectivity index (χ3v) is 2.90. The fourth-order valence-electron chi connectivity index (χ4n) is 1.93. The number of hydrogen-bond acceptors (Lipinski definition) is 3. The van der Waals surface area contributed by atoms with E-state index < -0.39 is 5.92 Å². The maximum Gasteiger partial charge on any atom is 0.313 e. The highest BCUT2D eigenvalue weighted by Gasteiger charge is 2.24. The Bertz CT molecular complexity index is 404. The Kier molecular flexibility index (Phi) is 5.62. The number of ether oxygens (including phenoxy) is 2. The molecule has 0 aliphatic carbocycles. The Labute approximate surface area is 107 Å². The Morgan fingerprint density at radius 2 is 2.11 bits per heavy atom. The van der Waals surface area contributed by atoms with E-state index in [1.54, 1.807) is 0 Å². The van der Waals surface area contributed by atoms with E-state index in [4.69, 9.17) is 9.47 Å². The zero-order chi connectivity index (χ0) is 13.5. The van der Waals surface area contributed by atoms with E-state index in [2.05, 4.69) is 0 Å². The average molecular weight is 254 g/mol. The molecule has 0 saturated carbocycles. The maximum absolute atomic E-state index is 13.3. The van der Waals surface area contributed by atoms with Gasteiger partial charge in [0.15, 0.2) is 0 Å². The van der Waals surface area contributed by atoms with Crippen LogP contribution in [-0.4, -0.2) is 20.2 Å². The summed E-state index contributed by atoms with van der Waals surface area (Å²) in [6.07, 6.45) is 2.47. The molecule has 1 rings (SSSR count). The topological polar surface area (TPSA) is 35.5 Å². The Morgan fingerprint density at radius 3 is 2.67 bits per heavy atom. The molecule has 0 radical (unpaired) electrons. The minimum atomic E-state index is -0.472. The SMILES string of the molecule is CCCCC(C(=O)OC)c1cc(F)ccc1OC. The number of carbonyl (C=O) groups excluding carboxylic acids is 1. The second-order valence-electron chi connectivity index (χ2n) is 4.10. The van der Waals surface area contributed by atoms with Gasteiger partial charge < -0.3 is 9.47 Å². The van der Waals surface area contributed by atoms with Crippen molar-refractivity contribution in [2.45, 2.75) is 32.1 Å². The minimum absolute atomic E-state index is 0.354. The highest BCUT2D eigenvalue weighted by Crippen LogP contribution is 2.31. The average Bonchev–Trinajstić information content (AvgIpc) is 2.39. The lowest BCUT2D eigenvalue weighted by Crippen LogP contribution is -2.15. The van der Waals surface area contributed by atoms with E-state index in [9.17, 15) is 9.18 Å². The fraction of sp³-hybridized carbons (Fsp3) is 0.500. The van der Waals surface area contributed by atoms with Crippen molar-refractivity contribution < 1.29 is 18.7 Å². The van der Waals surface area contributed by atoms with Crippen LogP contribution >= 0.6 is 0 Å². The predicted octanol–water partition coefficient (Wildman–Crippen LogP) is 3.28. The van der Waals surface area contributed by atoms with Gasteiger partial charge in [-0.15, -0.1) is 0 Å². The monoisotopic (exact) mass is 254 g/mol. The molecule has 100 valence electrons. The van der Waals surface area contributed by atoms with Gasteiger partial charge in [-0.3, -0.25) is 4.79 Å². The molecule has 1 aromatic carbocycles. The third kappa shape index (κ3) is 3.45. The highest BCUT2D eigenvalue weighted by atomic mass is 19.1. The van der Waals surface area contributed by atoms with E-state index in [1.165, 1.54) is 32.4 Å². The van der Waals surface area contributed by atoms with Crippen LogP contribution in [0.15, 0.2) is 18.2 Å². The molecule has 0 heterocycles. The zero-order valence-corrected chi connectivity index (χ0v) is 11.0. The van der Waals surface area contributed by atoms with Crippen LogP contribution in [0.5, 0.6) is 5.75 Å². The van der Waals surface area contributed by atoms with Crippen LogP contribution in [0.2, 0.25) is 0 Å². The summed E-state index contributed by atoms with van der Waals surface area (Å²) in [4.78, 5) is 11.8. The Hall–Kier alpha value is -1.58. The number of halogens is 1. The summed E-state index contributed by atoms with van der Waals surface area (Å²) in [5, 5.41) is 0. The van der Waals surface area contributed by atoms with Crippen LogP contribution < -0.4 is 4.74 Å². The summed E-state index contributed by atoms with van der Waals surface area (Å²) < 4.78 is 23.3. The molecular formula is C14H19FO3. The summed E-state index contributed by atoms with van der Waals surface area (Å²) >= 11 is 0. The lowest BCUT2D eigenvalue weighted by Gasteiger charge is -2.17. The molecule has 0 N–H and O–H groups in total. The second-order valence-corrected chi connectivity index (χ2v) is 4.10. The lowest BCUT2D eigenvalue weighted by molar-refractivity contribution is -0.142. The van der Waals surface area contributed by atoms with Crippen molar-refractivity contribution in [3.05, 3.63) is 29.6 Å². The van der Waals surface area contributed by atoms with Gasteiger partial charge >= 0.3 is 5.97 Å². The number of benzene rings is 1. The van der Waals surface area contributed by atoms with E-state index in [0.29, 0.717) is 17.7 Å². The number of unbranched alkanes of at least 4 members (excludes halogenated alkanes) is 1. The van der Waals surface area contributed by atoms with E-state index in [-0.39, 0.29) is 11.8 Å². The summed E-state index contributed by atoms with van der Waals surface area (Å²) in [6.45, 7) is 2.04. The third-order valence-electron chi connectivity index (χ3n) is 2.90. The number of carbonyl (C=O) groups is 1. The fourth-order valence-corrected chi connectivity index (χ4v) is 1.93. The van der Waals surface area contributed by atoms with Gasteiger partial charge in [-0.25, -0.2) is 4.39 Å². The lowest BCUT2D eigenvalue weighted by atomic mass is 9.92. The van der Waals surface area contributed by atoms with Gasteiger partial charge in [-0.2, -0.15) is 0 Å². The van der Waals surface area contributed by atoms with Crippen molar-refractivity contribution >= 4 is 5.97 Å². The number of esters is 1. The molecule has 0 saturated heterocycles. The normalized spacial score (nSPS) is 12.0. The van der Waals surface area contributed by atoms with Gasteiger partial charge in [-0.1, -0.05) is 19.8 Å². The van der Waals surface area contributed by atoms with E-state index in [0.717, 1.165) is 12.8 Å². The van der Waals surface area contributed by atoms with Crippen LogP contribution in [0.3, 0.4) is 0 Å². The Balaban J connectivity index is 3.10.